The second-order valence-electron chi connectivity index (χ2n) is 6.05. The second-order valence-corrected chi connectivity index (χ2v) is 7.00. The van der Waals surface area contributed by atoms with Crippen molar-refractivity contribution in [2.45, 2.75) is 19.5 Å². The van der Waals surface area contributed by atoms with Gasteiger partial charge in [0.1, 0.15) is 12.7 Å². The number of hydrogen-bond donors (Lipinski definition) is 0. The standard InChI is InChI=1S/C16H19N7O2S/c24-15(3-4-23-12-17-11-18-23)22-7-5-21(6-8-22)10-14-19-16(20-25-14)13-2-1-9-26-13/h1-2,9,11-12H,3-8,10H2. The molecule has 0 spiro atoms. The van der Waals surface area contributed by atoms with Crippen molar-refractivity contribution in [2.75, 3.05) is 26.2 Å². The lowest BCUT2D eigenvalue weighted by atomic mass is 10.2. The van der Waals surface area contributed by atoms with Gasteiger partial charge in [0.15, 0.2) is 0 Å². The van der Waals surface area contributed by atoms with Gasteiger partial charge in [0.25, 0.3) is 0 Å². The van der Waals surface area contributed by atoms with Crippen LogP contribution in [0, 0.1) is 0 Å². The third-order valence-electron chi connectivity index (χ3n) is 4.31. The largest absolute Gasteiger partial charge is 0.340 e. The first-order chi connectivity index (χ1) is 12.8. The van der Waals surface area contributed by atoms with Crippen LogP contribution in [-0.4, -0.2) is 66.8 Å². The predicted octanol–water partition coefficient (Wildman–Crippen LogP) is 1.12. The summed E-state index contributed by atoms with van der Waals surface area (Å²) in [7, 11) is 0. The average Bonchev–Trinajstić information content (AvgIpc) is 3.41. The zero-order valence-corrected chi connectivity index (χ0v) is 15.0. The zero-order chi connectivity index (χ0) is 17.8. The van der Waals surface area contributed by atoms with Crippen LogP contribution in [0.3, 0.4) is 0 Å². The molecule has 3 aromatic rings. The number of amides is 1. The van der Waals surface area contributed by atoms with Gasteiger partial charge in [-0.3, -0.25) is 14.4 Å². The minimum atomic E-state index is 0.151. The Morgan fingerprint density at radius 1 is 1.27 bits per heavy atom. The number of aromatic nitrogens is 5. The van der Waals surface area contributed by atoms with Crippen LogP contribution in [0.1, 0.15) is 12.3 Å². The molecule has 0 aliphatic carbocycles. The molecule has 1 aliphatic rings. The number of carbonyl (C=O) groups is 1. The van der Waals surface area contributed by atoms with Gasteiger partial charge in [0.05, 0.1) is 18.0 Å². The summed E-state index contributed by atoms with van der Waals surface area (Å²) < 4.78 is 7.03. The van der Waals surface area contributed by atoms with Crippen molar-refractivity contribution in [2.24, 2.45) is 0 Å². The summed E-state index contributed by atoms with van der Waals surface area (Å²) in [4.78, 5) is 25.8. The van der Waals surface area contributed by atoms with Crippen LogP contribution >= 0.6 is 11.3 Å². The minimum absolute atomic E-state index is 0.151. The van der Waals surface area contributed by atoms with E-state index >= 15 is 0 Å². The van der Waals surface area contributed by atoms with Crippen LogP contribution in [0.25, 0.3) is 10.7 Å². The number of carbonyl (C=O) groups excluding carboxylic acids is 1. The van der Waals surface area contributed by atoms with E-state index in [4.69, 9.17) is 4.52 Å². The van der Waals surface area contributed by atoms with E-state index in [0.29, 0.717) is 44.3 Å². The number of rotatable bonds is 6. The summed E-state index contributed by atoms with van der Waals surface area (Å²) in [5, 5.41) is 10.0. The topological polar surface area (TPSA) is 93.2 Å². The number of thiophene rings is 1. The lowest BCUT2D eigenvalue weighted by Gasteiger charge is -2.34. The molecule has 0 unspecified atom stereocenters. The summed E-state index contributed by atoms with van der Waals surface area (Å²) in [5.41, 5.74) is 0. The molecule has 1 aliphatic heterocycles. The molecule has 1 fully saturated rings. The predicted molar refractivity (Wildman–Crippen MR) is 94.1 cm³/mol. The highest BCUT2D eigenvalue weighted by Crippen LogP contribution is 2.21. The molecule has 0 aromatic carbocycles. The molecule has 9 nitrogen and oxygen atoms in total. The van der Waals surface area contributed by atoms with E-state index in [9.17, 15) is 4.79 Å². The van der Waals surface area contributed by atoms with Gasteiger partial charge in [0, 0.05) is 32.6 Å². The highest BCUT2D eigenvalue weighted by molar-refractivity contribution is 7.13. The van der Waals surface area contributed by atoms with Crippen molar-refractivity contribution in [1.29, 1.82) is 0 Å². The van der Waals surface area contributed by atoms with E-state index in [1.54, 1.807) is 22.3 Å². The van der Waals surface area contributed by atoms with Crippen LogP contribution in [0.15, 0.2) is 34.7 Å². The highest BCUT2D eigenvalue weighted by atomic mass is 32.1. The smallest absolute Gasteiger partial charge is 0.241 e. The summed E-state index contributed by atoms with van der Waals surface area (Å²) >= 11 is 1.59. The maximum atomic E-state index is 12.3. The Balaban J connectivity index is 1.24. The third kappa shape index (κ3) is 3.97. The molecular weight excluding hydrogens is 354 g/mol. The van der Waals surface area contributed by atoms with Crippen molar-refractivity contribution >= 4 is 17.2 Å². The van der Waals surface area contributed by atoms with E-state index < -0.39 is 0 Å². The van der Waals surface area contributed by atoms with Crippen molar-refractivity contribution in [1.82, 2.24) is 34.7 Å². The quantitative estimate of drug-likeness (QED) is 0.639. The summed E-state index contributed by atoms with van der Waals surface area (Å²) in [6.45, 7) is 4.19. The lowest BCUT2D eigenvalue weighted by molar-refractivity contribution is -0.133. The van der Waals surface area contributed by atoms with Gasteiger partial charge in [0.2, 0.25) is 17.6 Å². The van der Waals surface area contributed by atoms with Crippen LogP contribution in [-0.2, 0) is 17.9 Å². The third-order valence-corrected chi connectivity index (χ3v) is 5.18. The second kappa shape index (κ2) is 7.75. The minimum Gasteiger partial charge on any atom is -0.340 e. The molecule has 4 rings (SSSR count). The first kappa shape index (κ1) is 16.9. The van der Waals surface area contributed by atoms with Crippen LogP contribution in [0.5, 0.6) is 0 Å². The van der Waals surface area contributed by atoms with Crippen LogP contribution in [0.2, 0.25) is 0 Å². The highest BCUT2D eigenvalue weighted by Gasteiger charge is 2.22. The summed E-state index contributed by atoms with van der Waals surface area (Å²) in [6.07, 6.45) is 3.54. The average molecular weight is 373 g/mol. The SMILES string of the molecule is O=C(CCn1cncn1)N1CCN(Cc2nc(-c3cccs3)no2)CC1. The zero-order valence-electron chi connectivity index (χ0n) is 14.2. The van der Waals surface area contributed by atoms with Crippen LogP contribution < -0.4 is 0 Å². The fourth-order valence-corrected chi connectivity index (χ4v) is 3.54. The van der Waals surface area contributed by atoms with E-state index in [1.165, 1.54) is 6.33 Å². The van der Waals surface area contributed by atoms with Gasteiger partial charge in [-0.25, -0.2) is 4.98 Å². The molecule has 0 saturated carbocycles. The molecule has 1 amide bonds. The molecule has 26 heavy (non-hydrogen) atoms. The Hall–Kier alpha value is -2.59. The van der Waals surface area contributed by atoms with Gasteiger partial charge in [-0.2, -0.15) is 10.1 Å². The Bertz CT molecular complexity index is 823. The number of piperazine rings is 1. The first-order valence-corrected chi connectivity index (χ1v) is 9.35. The fraction of sp³-hybridized carbons (Fsp3) is 0.438. The molecule has 0 N–H and O–H groups in total. The van der Waals surface area contributed by atoms with E-state index in [2.05, 4.69) is 25.1 Å². The van der Waals surface area contributed by atoms with E-state index in [0.717, 1.165) is 18.0 Å². The molecule has 136 valence electrons. The molecule has 1 saturated heterocycles. The van der Waals surface area contributed by atoms with E-state index in [1.807, 2.05) is 22.4 Å². The van der Waals surface area contributed by atoms with Crippen molar-refractivity contribution in [3.63, 3.8) is 0 Å². The van der Waals surface area contributed by atoms with Crippen molar-refractivity contribution < 1.29 is 9.32 Å². The molecule has 0 radical (unpaired) electrons. The maximum Gasteiger partial charge on any atom is 0.241 e. The monoisotopic (exact) mass is 373 g/mol. The van der Waals surface area contributed by atoms with Crippen molar-refractivity contribution in [3.8, 4) is 10.7 Å². The number of nitrogens with zero attached hydrogens (tertiary/aromatic N) is 7. The molecule has 0 bridgehead atoms. The number of aryl methyl sites for hydroxylation is 1. The van der Waals surface area contributed by atoms with Gasteiger partial charge in [-0.05, 0) is 11.4 Å². The van der Waals surface area contributed by atoms with Gasteiger partial charge < -0.3 is 9.42 Å². The fourth-order valence-electron chi connectivity index (χ4n) is 2.89. The van der Waals surface area contributed by atoms with Crippen LogP contribution in [0.4, 0.5) is 0 Å². The number of hydrogen-bond acceptors (Lipinski definition) is 8. The van der Waals surface area contributed by atoms with E-state index in [-0.39, 0.29) is 5.91 Å². The molecule has 3 aromatic heterocycles. The molecule has 4 heterocycles. The lowest BCUT2D eigenvalue weighted by Crippen LogP contribution is -2.48. The van der Waals surface area contributed by atoms with Gasteiger partial charge >= 0.3 is 0 Å². The first-order valence-electron chi connectivity index (χ1n) is 8.47. The Labute approximate surface area is 154 Å². The van der Waals surface area contributed by atoms with Gasteiger partial charge in [-0.1, -0.05) is 11.2 Å². The van der Waals surface area contributed by atoms with Crippen molar-refractivity contribution in [3.05, 3.63) is 36.1 Å². The Kier molecular flexibility index (Phi) is 5.02. The van der Waals surface area contributed by atoms with Gasteiger partial charge in [-0.15, -0.1) is 11.3 Å². The summed E-state index contributed by atoms with van der Waals surface area (Å²) in [5.74, 6) is 1.40. The Morgan fingerprint density at radius 3 is 2.88 bits per heavy atom. The molecule has 0 atom stereocenters. The molecular formula is C16H19N7O2S. The Morgan fingerprint density at radius 2 is 2.15 bits per heavy atom. The maximum absolute atomic E-state index is 12.3. The normalized spacial score (nSPS) is 15.5. The summed E-state index contributed by atoms with van der Waals surface area (Å²) in [6, 6.07) is 3.94. The molecule has 10 heteroatoms.